The number of allylic oxidation sites excluding steroid dienone is 2. The molecule has 0 saturated heterocycles. The molecule has 0 aromatic rings. The van der Waals surface area contributed by atoms with Crippen LogP contribution in [-0.4, -0.2) is 48.4 Å². The van der Waals surface area contributed by atoms with Gasteiger partial charge < -0.3 is 22.1 Å². The van der Waals surface area contributed by atoms with Crippen molar-refractivity contribution in [1.82, 2.24) is 10.6 Å². The number of nitrogens with two attached hydrogens (primary N) is 2. The molecule has 46 heavy (non-hydrogen) atoms. The van der Waals surface area contributed by atoms with Gasteiger partial charge in [0.15, 0.2) is 0 Å². The zero-order valence-corrected chi connectivity index (χ0v) is 28.5. The van der Waals surface area contributed by atoms with Crippen LogP contribution in [0.1, 0.15) is 92.9 Å². The molecule has 0 atom stereocenters. The highest BCUT2D eigenvalue weighted by molar-refractivity contribution is 5.89. The smallest absolute Gasteiger partial charge is 0.248 e. The van der Waals surface area contributed by atoms with Gasteiger partial charge in [-0.2, -0.15) is 0 Å². The van der Waals surface area contributed by atoms with E-state index >= 15 is 0 Å². The van der Waals surface area contributed by atoms with Crippen LogP contribution in [0.2, 0.25) is 0 Å². The zero-order chi connectivity index (χ0) is 35.8. The third-order valence-corrected chi connectivity index (χ3v) is 5.94. The molecule has 0 spiro atoms. The van der Waals surface area contributed by atoms with Crippen LogP contribution >= 0.6 is 0 Å². The molecule has 0 radical (unpaired) electrons. The Balaban J connectivity index is 0. The fourth-order valence-corrected chi connectivity index (χ4v) is 3.78. The van der Waals surface area contributed by atoms with Crippen LogP contribution in [0, 0.1) is 35.5 Å². The predicted molar refractivity (Wildman–Crippen MR) is 181 cm³/mol. The Morgan fingerprint density at radius 2 is 0.978 bits per heavy atom. The van der Waals surface area contributed by atoms with E-state index in [1.54, 1.807) is 0 Å². The molecule has 12 heteroatoms. The Hall–Kier alpha value is -3.62. The molecule has 0 unspecified atom stereocenters. The van der Waals surface area contributed by atoms with Gasteiger partial charge in [-0.05, 0) is 37.5 Å². The van der Waals surface area contributed by atoms with Crippen molar-refractivity contribution in [2.45, 2.75) is 105 Å². The summed E-state index contributed by atoms with van der Waals surface area (Å²) in [6.45, 7) is 19.0. The van der Waals surface area contributed by atoms with E-state index in [2.05, 4.69) is 87.2 Å². The van der Waals surface area contributed by atoms with Crippen molar-refractivity contribution >= 4 is 23.5 Å². The maximum atomic E-state index is 13.2. The molecule has 0 aromatic heterocycles. The summed E-state index contributed by atoms with van der Waals surface area (Å²) in [4.78, 5) is 31.9. The summed E-state index contributed by atoms with van der Waals surface area (Å²) in [5, 5.41) is 5.19. The maximum absolute atomic E-state index is 13.2. The third-order valence-electron chi connectivity index (χ3n) is 5.94. The monoisotopic (exact) mass is 656 g/mol. The second-order valence-corrected chi connectivity index (χ2v) is 12.3. The number of carbonyl (C=O) groups is 2. The molecule has 2 fully saturated rings. The summed E-state index contributed by atoms with van der Waals surface area (Å²) in [5.74, 6) is 0.396. The van der Waals surface area contributed by atoms with Crippen LogP contribution in [0.3, 0.4) is 0 Å². The Kier molecular flexibility index (Phi) is 23.8. The number of rotatable bonds is 8. The fraction of sp³-hybridized carbons (Fsp3) is 0.647. The molecule has 6 N–H and O–H groups in total. The molecule has 0 aliphatic heterocycles. The highest BCUT2D eigenvalue weighted by Crippen LogP contribution is 2.37. The van der Waals surface area contributed by atoms with E-state index < -0.39 is 23.7 Å². The van der Waals surface area contributed by atoms with Crippen molar-refractivity contribution in [3.8, 4) is 11.8 Å². The molecule has 0 heterocycles. The van der Waals surface area contributed by atoms with E-state index in [4.69, 9.17) is 11.5 Å². The number of halogens is 4. The lowest BCUT2D eigenvalue weighted by molar-refractivity contribution is -0.129. The van der Waals surface area contributed by atoms with E-state index in [-0.39, 0.29) is 87.9 Å². The van der Waals surface area contributed by atoms with E-state index in [0.29, 0.717) is 0 Å². The van der Waals surface area contributed by atoms with Crippen LogP contribution < -0.4 is 22.1 Å². The summed E-state index contributed by atoms with van der Waals surface area (Å²) in [5.41, 5.74) is 11.4. The van der Waals surface area contributed by atoms with Gasteiger partial charge in [-0.1, -0.05) is 53.4 Å². The molecule has 2 aliphatic carbocycles. The number of hydrogen-bond donors (Lipinski definition) is 4. The number of nitrogens with one attached hydrogen (secondary N) is 2. The van der Waals surface area contributed by atoms with Crippen molar-refractivity contribution in [3.63, 3.8) is 0 Å². The Morgan fingerprint density at radius 3 is 1.24 bits per heavy atom. The summed E-state index contributed by atoms with van der Waals surface area (Å²) in [6, 6.07) is 0. The summed E-state index contributed by atoms with van der Waals surface area (Å²) in [6.07, 6.45) is 4.97. The number of carbonyl (C=O) groups excluding carboxylic acids is 2. The van der Waals surface area contributed by atoms with Gasteiger partial charge in [-0.3, -0.25) is 9.59 Å². The Bertz CT molecular complexity index is 970. The van der Waals surface area contributed by atoms with Crippen molar-refractivity contribution in [2.75, 3.05) is 13.1 Å². The van der Waals surface area contributed by atoms with Gasteiger partial charge in [-0.15, -0.1) is 13.2 Å². The van der Waals surface area contributed by atoms with Gasteiger partial charge in [0, 0.05) is 62.1 Å². The quantitative estimate of drug-likeness (QED) is 0.0757. The first kappa shape index (κ1) is 44.5. The fourth-order valence-electron chi connectivity index (χ4n) is 3.78. The molecule has 8 nitrogen and oxygen atoms in total. The summed E-state index contributed by atoms with van der Waals surface area (Å²) in [7, 11) is 0. The molecule has 0 aromatic carbocycles. The van der Waals surface area contributed by atoms with Crippen LogP contribution in [0.4, 0.5) is 17.6 Å². The van der Waals surface area contributed by atoms with Crippen molar-refractivity contribution in [3.05, 3.63) is 37.7 Å². The average Bonchev–Trinajstić information content (AvgIpc) is 2.96. The summed E-state index contributed by atoms with van der Waals surface area (Å²) < 4.78 is 52.6. The Labute approximate surface area is 273 Å². The van der Waals surface area contributed by atoms with Gasteiger partial charge in [0.2, 0.25) is 23.7 Å². The molecule has 2 rings (SSSR count). The standard InChI is InChI=1S/C24H32F4N6O2.2C4H10.C2H4/c25-23(26)9-5-17(6-10-23)21(35)33-15-19(29)31-13-3-1-2-4-14-32-20(30)16-34-22(36)18-7-11-24(27,28)12-8-18;2*1-4(2)3;1-2/h3-4,13-14,17-18H,5-12,15-16H2,(H2,29,31)(H2,30,32)(H,33,35)(H,34,36);2*4H,1-3H3;1-2H2/b13-3+,14-4+;;;. The van der Waals surface area contributed by atoms with Crippen molar-refractivity contribution < 1.29 is 27.2 Å². The first-order valence-corrected chi connectivity index (χ1v) is 15.7. The first-order valence-electron chi connectivity index (χ1n) is 15.7. The Morgan fingerprint density at radius 1 is 0.717 bits per heavy atom. The van der Waals surface area contributed by atoms with Gasteiger partial charge in [0.1, 0.15) is 11.7 Å². The number of amides is 2. The molecule has 2 saturated carbocycles. The molecule has 0 bridgehead atoms. The SMILES string of the molecule is C=C.CC(C)C.CC(C)C.NC(CNC(=O)C1CCC(F)(F)CC1)=N/C=C/C#C/C=C/N=C(N)CNC(=O)C1CCC(F)(F)CC1. The predicted octanol–water partition coefficient (Wildman–Crippen LogP) is 6.74. The zero-order valence-electron chi connectivity index (χ0n) is 28.5. The van der Waals surface area contributed by atoms with Gasteiger partial charge in [0.25, 0.3) is 0 Å². The second-order valence-electron chi connectivity index (χ2n) is 12.3. The lowest BCUT2D eigenvalue weighted by Crippen LogP contribution is -2.39. The van der Waals surface area contributed by atoms with Crippen molar-refractivity contribution in [1.29, 1.82) is 0 Å². The average molecular weight is 657 g/mol. The highest BCUT2D eigenvalue weighted by atomic mass is 19.3. The highest BCUT2D eigenvalue weighted by Gasteiger charge is 2.38. The van der Waals surface area contributed by atoms with Crippen LogP contribution in [-0.2, 0) is 9.59 Å². The van der Waals surface area contributed by atoms with Crippen LogP contribution in [0.25, 0.3) is 0 Å². The van der Waals surface area contributed by atoms with E-state index in [0.717, 1.165) is 11.8 Å². The second kappa shape index (κ2) is 24.6. The molecule has 2 aliphatic rings. The topological polar surface area (TPSA) is 135 Å². The first-order chi connectivity index (χ1) is 21.4. The lowest BCUT2D eigenvalue weighted by atomic mass is 9.86. The molecular formula is C34H56F4N6O2. The minimum Gasteiger partial charge on any atom is -0.386 e. The van der Waals surface area contributed by atoms with Gasteiger partial charge >= 0.3 is 0 Å². The number of nitrogens with zero attached hydrogens (tertiary/aromatic N) is 2. The number of hydrogen-bond acceptors (Lipinski definition) is 4. The van der Waals surface area contributed by atoms with E-state index in [1.807, 2.05) is 0 Å². The van der Waals surface area contributed by atoms with Crippen molar-refractivity contribution in [2.24, 2.45) is 45.1 Å². The number of aliphatic imine (C=N–C) groups is 2. The van der Waals surface area contributed by atoms with Crippen LogP contribution in [0.5, 0.6) is 0 Å². The minimum absolute atomic E-state index is 0.00114. The largest absolute Gasteiger partial charge is 0.386 e. The van der Waals surface area contributed by atoms with E-state index in [9.17, 15) is 27.2 Å². The molecule has 262 valence electrons. The summed E-state index contributed by atoms with van der Waals surface area (Å²) >= 11 is 0. The minimum atomic E-state index is -2.68. The number of alkyl halides is 4. The molecular weight excluding hydrogens is 600 g/mol. The van der Waals surface area contributed by atoms with Gasteiger partial charge in [-0.25, -0.2) is 27.5 Å². The number of amidine groups is 2. The normalized spacial score (nSPS) is 18.3. The van der Waals surface area contributed by atoms with Crippen LogP contribution in [0.15, 0.2) is 47.7 Å². The lowest BCUT2D eigenvalue weighted by Gasteiger charge is -2.27. The third kappa shape index (κ3) is 25.7. The van der Waals surface area contributed by atoms with Gasteiger partial charge in [0.05, 0.1) is 13.1 Å². The van der Waals surface area contributed by atoms with E-state index in [1.165, 1.54) is 24.6 Å². The molecule has 2 amide bonds. The maximum Gasteiger partial charge on any atom is 0.248 e.